The maximum atomic E-state index is 5.63. The first-order valence-corrected chi connectivity index (χ1v) is 7.62. The van der Waals surface area contributed by atoms with Crippen molar-refractivity contribution >= 4 is 11.3 Å². The van der Waals surface area contributed by atoms with Crippen LogP contribution >= 0.6 is 11.3 Å². The average molecular weight is 293 g/mol. The molecule has 0 aromatic carbocycles. The maximum absolute atomic E-state index is 5.63. The Kier molecular flexibility index (Phi) is 3.82. The second-order valence-corrected chi connectivity index (χ2v) is 6.00. The van der Waals surface area contributed by atoms with E-state index in [-0.39, 0.29) is 6.04 Å². The minimum absolute atomic E-state index is 0.222. The van der Waals surface area contributed by atoms with Crippen molar-refractivity contribution in [3.63, 3.8) is 0 Å². The summed E-state index contributed by atoms with van der Waals surface area (Å²) in [6.07, 6.45) is 0. The predicted octanol–water partition coefficient (Wildman–Crippen LogP) is 1.46. The molecule has 0 bridgehead atoms. The van der Waals surface area contributed by atoms with Gasteiger partial charge in [-0.3, -0.25) is 4.90 Å². The summed E-state index contributed by atoms with van der Waals surface area (Å²) in [5, 5.41) is 11.6. The molecule has 0 aliphatic carbocycles. The Morgan fingerprint density at radius 1 is 1.40 bits per heavy atom. The number of thiazole rings is 1. The van der Waals surface area contributed by atoms with E-state index in [4.69, 9.17) is 4.74 Å². The molecule has 0 spiro atoms. The molecule has 6 nitrogen and oxygen atoms in total. The third-order valence-electron chi connectivity index (χ3n) is 3.69. The van der Waals surface area contributed by atoms with Crippen molar-refractivity contribution in [3.05, 3.63) is 27.7 Å². The molecule has 2 aromatic heterocycles. The third kappa shape index (κ3) is 2.61. The first kappa shape index (κ1) is 13.7. The number of ether oxygens (including phenoxy) is 1. The van der Waals surface area contributed by atoms with Crippen LogP contribution in [0.5, 0.6) is 0 Å². The van der Waals surface area contributed by atoms with Gasteiger partial charge >= 0.3 is 0 Å². The van der Waals surface area contributed by atoms with E-state index in [9.17, 15) is 0 Å². The van der Waals surface area contributed by atoms with Crippen molar-refractivity contribution in [2.24, 2.45) is 7.05 Å². The van der Waals surface area contributed by atoms with Gasteiger partial charge < -0.3 is 9.30 Å². The van der Waals surface area contributed by atoms with Crippen molar-refractivity contribution < 1.29 is 4.74 Å². The summed E-state index contributed by atoms with van der Waals surface area (Å²) in [6, 6.07) is 0.222. The summed E-state index contributed by atoms with van der Waals surface area (Å²) in [4.78, 5) is 6.99. The number of hydrogen-bond donors (Lipinski definition) is 0. The third-order valence-corrected chi connectivity index (χ3v) is 4.75. The fraction of sp³-hybridized carbons (Fsp3) is 0.615. The molecule has 1 fully saturated rings. The van der Waals surface area contributed by atoms with E-state index in [1.54, 1.807) is 11.3 Å². The van der Waals surface area contributed by atoms with E-state index in [0.717, 1.165) is 42.0 Å². The fourth-order valence-corrected chi connectivity index (χ4v) is 3.27. The molecule has 20 heavy (non-hydrogen) atoms. The van der Waals surface area contributed by atoms with Gasteiger partial charge in [0.15, 0.2) is 0 Å². The molecule has 3 heterocycles. The van der Waals surface area contributed by atoms with Crippen molar-refractivity contribution in [1.29, 1.82) is 0 Å². The number of hydrogen-bond acceptors (Lipinski definition) is 6. The monoisotopic (exact) mass is 293 g/mol. The number of aromatic nitrogens is 4. The Hall–Kier alpha value is -1.31. The Labute approximate surface area is 122 Å². The lowest BCUT2D eigenvalue weighted by Crippen LogP contribution is -2.39. The molecule has 3 rings (SSSR count). The van der Waals surface area contributed by atoms with Crippen LogP contribution in [0, 0.1) is 13.8 Å². The molecule has 1 saturated heterocycles. The Bertz CT molecular complexity index is 593. The molecular formula is C13H19N5OS. The molecule has 0 saturated carbocycles. The van der Waals surface area contributed by atoms with E-state index < -0.39 is 0 Å². The van der Waals surface area contributed by atoms with Crippen LogP contribution in [0.15, 0.2) is 5.38 Å². The molecule has 1 atom stereocenters. The van der Waals surface area contributed by atoms with Gasteiger partial charge in [0.1, 0.15) is 16.7 Å². The topological polar surface area (TPSA) is 56.1 Å². The lowest BCUT2D eigenvalue weighted by molar-refractivity contribution is -0.0143. The SMILES string of the molecule is Cc1csc([C@@H]2COCCN2Cc2nnc(C)n2C)n1. The first-order valence-electron chi connectivity index (χ1n) is 6.74. The molecule has 7 heteroatoms. The van der Waals surface area contributed by atoms with Crippen molar-refractivity contribution in [1.82, 2.24) is 24.6 Å². The predicted molar refractivity (Wildman–Crippen MR) is 76.6 cm³/mol. The van der Waals surface area contributed by atoms with E-state index in [1.165, 1.54) is 0 Å². The lowest BCUT2D eigenvalue weighted by Gasteiger charge is -2.33. The largest absolute Gasteiger partial charge is 0.378 e. The normalized spacial score (nSPS) is 20.4. The maximum Gasteiger partial charge on any atom is 0.146 e. The van der Waals surface area contributed by atoms with Crippen LogP contribution in [-0.2, 0) is 18.3 Å². The minimum atomic E-state index is 0.222. The van der Waals surface area contributed by atoms with Gasteiger partial charge in [0, 0.05) is 24.7 Å². The number of rotatable bonds is 3. The van der Waals surface area contributed by atoms with Crippen LogP contribution < -0.4 is 0 Å². The second kappa shape index (κ2) is 5.59. The molecule has 0 radical (unpaired) electrons. The summed E-state index contributed by atoms with van der Waals surface area (Å²) in [7, 11) is 2.01. The molecule has 2 aromatic rings. The van der Waals surface area contributed by atoms with Crippen LogP contribution in [0.4, 0.5) is 0 Å². The summed E-state index contributed by atoms with van der Waals surface area (Å²) < 4.78 is 7.67. The smallest absolute Gasteiger partial charge is 0.146 e. The van der Waals surface area contributed by atoms with Gasteiger partial charge in [0.2, 0.25) is 0 Å². The minimum Gasteiger partial charge on any atom is -0.378 e. The average Bonchev–Trinajstić information content (AvgIpc) is 3.01. The summed E-state index contributed by atoms with van der Waals surface area (Å²) in [6.45, 7) is 7.14. The van der Waals surface area contributed by atoms with E-state index in [2.05, 4.69) is 25.5 Å². The van der Waals surface area contributed by atoms with Gasteiger partial charge in [0.25, 0.3) is 0 Å². The Balaban J connectivity index is 1.80. The number of aryl methyl sites for hydroxylation is 2. The standard InChI is InChI=1S/C13H19N5OS/c1-9-8-20-13(14-9)11-7-19-5-4-18(11)6-12-16-15-10(2)17(12)3/h8,11H,4-7H2,1-3H3/t11-/m0/s1. The highest BCUT2D eigenvalue weighted by molar-refractivity contribution is 7.09. The van der Waals surface area contributed by atoms with E-state index >= 15 is 0 Å². The van der Waals surface area contributed by atoms with Crippen molar-refractivity contribution in [2.45, 2.75) is 26.4 Å². The van der Waals surface area contributed by atoms with Gasteiger partial charge in [-0.2, -0.15) is 0 Å². The lowest BCUT2D eigenvalue weighted by atomic mass is 10.2. The van der Waals surface area contributed by atoms with Gasteiger partial charge in [-0.25, -0.2) is 4.98 Å². The van der Waals surface area contributed by atoms with E-state index in [0.29, 0.717) is 6.61 Å². The van der Waals surface area contributed by atoms with Crippen LogP contribution in [0.1, 0.15) is 28.4 Å². The fourth-order valence-electron chi connectivity index (χ4n) is 2.35. The number of nitrogens with zero attached hydrogens (tertiary/aromatic N) is 5. The molecule has 0 N–H and O–H groups in total. The highest BCUT2D eigenvalue weighted by Gasteiger charge is 2.28. The van der Waals surface area contributed by atoms with Gasteiger partial charge in [-0.15, -0.1) is 21.5 Å². The van der Waals surface area contributed by atoms with Gasteiger partial charge in [0.05, 0.1) is 25.8 Å². The van der Waals surface area contributed by atoms with Crippen molar-refractivity contribution in [3.8, 4) is 0 Å². The highest BCUT2D eigenvalue weighted by Crippen LogP contribution is 2.28. The Morgan fingerprint density at radius 2 is 2.25 bits per heavy atom. The first-order chi connectivity index (χ1) is 9.65. The summed E-state index contributed by atoms with van der Waals surface area (Å²) in [5.41, 5.74) is 1.07. The zero-order valence-corrected chi connectivity index (χ0v) is 12.9. The molecule has 0 unspecified atom stereocenters. The molecular weight excluding hydrogens is 274 g/mol. The van der Waals surface area contributed by atoms with Crippen molar-refractivity contribution in [2.75, 3.05) is 19.8 Å². The van der Waals surface area contributed by atoms with Crippen LogP contribution in [0.25, 0.3) is 0 Å². The second-order valence-electron chi connectivity index (χ2n) is 5.11. The highest BCUT2D eigenvalue weighted by atomic mass is 32.1. The summed E-state index contributed by atoms with van der Waals surface area (Å²) in [5.74, 6) is 1.93. The van der Waals surface area contributed by atoms with Crippen LogP contribution in [-0.4, -0.2) is 44.4 Å². The van der Waals surface area contributed by atoms with Crippen LogP contribution in [0.2, 0.25) is 0 Å². The number of morpholine rings is 1. The van der Waals surface area contributed by atoms with Gasteiger partial charge in [-0.05, 0) is 13.8 Å². The molecule has 0 amide bonds. The zero-order chi connectivity index (χ0) is 14.1. The van der Waals surface area contributed by atoms with E-state index in [1.807, 2.05) is 25.5 Å². The zero-order valence-electron chi connectivity index (χ0n) is 12.0. The quantitative estimate of drug-likeness (QED) is 0.857. The molecule has 1 aliphatic rings. The molecule has 108 valence electrons. The molecule has 1 aliphatic heterocycles. The van der Waals surface area contributed by atoms with Gasteiger partial charge in [-0.1, -0.05) is 0 Å². The Morgan fingerprint density at radius 3 is 2.90 bits per heavy atom. The summed E-state index contributed by atoms with van der Waals surface area (Å²) >= 11 is 1.70. The van der Waals surface area contributed by atoms with Crippen LogP contribution in [0.3, 0.4) is 0 Å².